The van der Waals surface area contributed by atoms with Crippen LogP contribution >= 0.6 is 0 Å². The fraction of sp³-hybridized carbons (Fsp3) is 0.917. The molecule has 0 spiro atoms. The molecule has 3 heteroatoms. The van der Waals surface area contributed by atoms with E-state index in [0.29, 0.717) is 19.8 Å². The smallest absolute Gasteiger partial charge is 0.311 e. The Morgan fingerprint density at radius 1 is 1.40 bits per heavy atom. The number of carbonyl (C=O) groups is 1. The predicted octanol–water partition coefficient (Wildman–Crippen LogP) is 2.39. The summed E-state index contributed by atoms with van der Waals surface area (Å²) in [4.78, 5) is 11.9. The second kappa shape index (κ2) is 4.52. The fourth-order valence-corrected chi connectivity index (χ4v) is 1.49. The molecule has 15 heavy (non-hydrogen) atoms. The van der Waals surface area contributed by atoms with Gasteiger partial charge >= 0.3 is 5.97 Å². The summed E-state index contributed by atoms with van der Waals surface area (Å²) in [5.74, 6) is -0.0689. The highest BCUT2D eigenvalue weighted by Crippen LogP contribution is 2.30. The summed E-state index contributed by atoms with van der Waals surface area (Å²) in [6.45, 7) is 10.00. The van der Waals surface area contributed by atoms with Crippen LogP contribution in [0.15, 0.2) is 0 Å². The van der Waals surface area contributed by atoms with Crippen LogP contribution in [0.2, 0.25) is 0 Å². The maximum atomic E-state index is 11.9. The van der Waals surface area contributed by atoms with Crippen molar-refractivity contribution < 1.29 is 14.3 Å². The summed E-state index contributed by atoms with van der Waals surface area (Å²) in [7, 11) is 0. The van der Waals surface area contributed by atoms with Gasteiger partial charge in [0.2, 0.25) is 0 Å². The number of rotatable bonds is 5. The average molecular weight is 214 g/mol. The summed E-state index contributed by atoms with van der Waals surface area (Å²) in [5, 5.41) is 0. The maximum absolute atomic E-state index is 11.9. The van der Waals surface area contributed by atoms with Crippen LogP contribution < -0.4 is 0 Å². The van der Waals surface area contributed by atoms with Gasteiger partial charge < -0.3 is 9.47 Å². The van der Waals surface area contributed by atoms with Crippen LogP contribution in [0.5, 0.6) is 0 Å². The molecule has 0 saturated carbocycles. The molecule has 1 saturated heterocycles. The summed E-state index contributed by atoms with van der Waals surface area (Å²) in [5.41, 5.74) is -0.265. The molecule has 0 aliphatic carbocycles. The second-order valence-corrected chi connectivity index (χ2v) is 5.15. The van der Waals surface area contributed by atoms with E-state index in [4.69, 9.17) is 9.47 Å². The van der Waals surface area contributed by atoms with Gasteiger partial charge in [-0.3, -0.25) is 4.79 Å². The highest BCUT2D eigenvalue weighted by atomic mass is 16.5. The molecule has 88 valence electrons. The number of esters is 1. The third-order valence-corrected chi connectivity index (χ3v) is 3.51. The van der Waals surface area contributed by atoms with Gasteiger partial charge in [-0.25, -0.2) is 0 Å². The molecular formula is C12H22O3. The lowest BCUT2D eigenvalue weighted by Gasteiger charge is -2.38. The zero-order valence-corrected chi connectivity index (χ0v) is 10.3. The molecule has 1 aliphatic heterocycles. The molecule has 0 aromatic carbocycles. The number of carbonyl (C=O) groups excluding carboxylic acids is 1. The SMILES string of the molecule is CCC(C)(CC)C(=O)OCC1(C)COC1. The van der Waals surface area contributed by atoms with Gasteiger partial charge in [-0.2, -0.15) is 0 Å². The van der Waals surface area contributed by atoms with Crippen molar-refractivity contribution in [1.82, 2.24) is 0 Å². The van der Waals surface area contributed by atoms with Crippen molar-refractivity contribution in [3.63, 3.8) is 0 Å². The van der Waals surface area contributed by atoms with Crippen LogP contribution in [0.1, 0.15) is 40.5 Å². The number of hydrogen-bond acceptors (Lipinski definition) is 3. The lowest BCUT2D eigenvalue weighted by molar-refractivity contribution is -0.174. The topological polar surface area (TPSA) is 35.5 Å². The Morgan fingerprint density at radius 2 is 1.93 bits per heavy atom. The van der Waals surface area contributed by atoms with Crippen molar-refractivity contribution in [1.29, 1.82) is 0 Å². The van der Waals surface area contributed by atoms with Crippen LogP contribution in [-0.4, -0.2) is 25.8 Å². The number of hydrogen-bond donors (Lipinski definition) is 0. The fourth-order valence-electron chi connectivity index (χ4n) is 1.49. The molecular weight excluding hydrogens is 192 g/mol. The Bertz CT molecular complexity index is 227. The first kappa shape index (κ1) is 12.5. The molecule has 0 radical (unpaired) electrons. The molecule has 1 aliphatic rings. The summed E-state index contributed by atoms with van der Waals surface area (Å²) in [6, 6.07) is 0. The van der Waals surface area contributed by atoms with Crippen LogP contribution in [0.25, 0.3) is 0 Å². The van der Waals surface area contributed by atoms with Crippen LogP contribution in [0.3, 0.4) is 0 Å². The average Bonchev–Trinajstić information content (AvgIpc) is 2.21. The molecule has 0 aromatic rings. The molecule has 1 rings (SSSR count). The van der Waals surface area contributed by atoms with E-state index in [0.717, 1.165) is 12.8 Å². The summed E-state index contributed by atoms with van der Waals surface area (Å²) >= 11 is 0. The van der Waals surface area contributed by atoms with Crippen LogP contribution in [0, 0.1) is 10.8 Å². The first-order valence-electron chi connectivity index (χ1n) is 5.71. The largest absolute Gasteiger partial charge is 0.465 e. The van der Waals surface area contributed by atoms with Crippen molar-refractivity contribution in [3.8, 4) is 0 Å². The molecule has 3 nitrogen and oxygen atoms in total. The Morgan fingerprint density at radius 3 is 2.27 bits per heavy atom. The monoisotopic (exact) mass is 214 g/mol. The van der Waals surface area contributed by atoms with E-state index in [1.54, 1.807) is 0 Å². The molecule has 0 amide bonds. The van der Waals surface area contributed by atoms with E-state index >= 15 is 0 Å². The van der Waals surface area contributed by atoms with E-state index in [2.05, 4.69) is 6.92 Å². The van der Waals surface area contributed by atoms with Gasteiger partial charge in [0.05, 0.1) is 18.6 Å². The standard InChI is InChI=1S/C12H22O3/c1-5-12(4,6-2)10(13)15-9-11(3)7-14-8-11/h5-9H2,1-4H3. The van der Waals surface area contributed by atoms with Crippen molar-refractivity contribution in [2.24, 2.45) is 10.8 Å². The van der Waals surface area contributed by atoms with Gasteiger partial charge in [0.25, 0.3) is 0 Å². The van der Waals surface area contributed by atoms with Gasteiger partial charge in [-0.05, 0) is 19.8 Å². The van der Waals surface area contributed by atoms with E-state index < -0.39 is 0 Å². The van der Waals surface area contributed by atoms with Crippen molar-refractivity contribution in [3.05, 3.63) is 0 Å². The Balaban J connectivity index is 2.41. The summed E-state index contributed by atoms with van der Waals surface area (Å²) in [6.07, 6.45) is 1.66. The Kier molecular flexibility index (Phi) is 3.77. The molecule has 0 atom stereocenters. The highest BCUT2D eigenvalue weighted by molar-refractivity contribution is 5.76. The minimum atomic E-state index is -0.318. The van der Waals surface area contributed by atoms with Crippen LogP contribution in [0.4, 0.5) is 0 Å². The number of ether oxygens (including phenoxy) is 2. The van der Waals surface area contributed by atoms with E-state index in [-0.39, 0.29) is 16.8 Å². The van der Waals surface area contributed by atoms with Gasteiger partial charge in [-0.1, -0.05) is 20.8 Å². The molecule has 1 fully saturated rings. The zero-order chi connectivity index (χ0) is 11.5. The maximum Gasteiger partial charge on any atom is 0.311 e. The normalized spacial score (nSPS) is 19.5. The van der Waals surface area contributed by atoms with Crippen molar-refractivity contribution in [2.45, 2.75) is 40.5 Å². The lowest BCUT2D eigenvalue weighted by Crippen LogP contribution is -2.45. The third-order valence-electron chi connectivity index (χ3n) is 3.51. The van der Waals surface area contributed by atoms with Gasteiger partial charge in [0.1, 0.15) is 6.61 Å². The van der Waals surface area contributed by atoms with E-state index in [1.807, 2.05) is 20.8 Å². The quantitative estimate of drug-likeness (QED) is 0.659. The van der Waals surface area contributed by atoms with Crippen LogP contribution in [-0.2, 0) is 14.3 Å². The highest BCUT2D eigenvalue weighted by Gasteiger charge is 2.37. The Labute approximate surface area is 92.1 Å². The van der Waals surface area contributed by atoms with Gasteiger partial charge in [0, 0.05) is 5.41 Å². The van der Waals surface area contributed by atoms with E-state index in [1.165, 1.54) is 0 Å². The molecule has 0 N–H and O–H groups in total. The molecule has 0 unspecified atom stereocenters. The minimum Gasteiger partial charge on any atom is -0.465 e. The van der Waals surface area contributed by atoms with E-state index in [9.17, 15) is 4.79 Å². The van der Waals surface area contributed by atoms with Gasteiger partial charge in [-0.15, -0.1) is 0 Å². The van der Waals surface area contributed by atoms with Crippen molar-refractivity contribution >= 4 is 5.97 Å². The first-order valence-corrected chi connectivity index (χ1v) is 5.71. The summed E-state index contributed by atoms with van der Waals surface area (Å²) < 4.78 is 10.5. The molecule has 0 aromatic heterocycles. The Hall–Kier alpha value is -0.570. The van der Waals surface area contributed by atoms with Crippen molar-refractivity contribution in [2.75, 3.05) is 19.8 Å². The lowest BCUT2D eigenvalue weighted by atomic mass is 9.84. The minimum absolute atomic E-state index is 0.0536. The third kappa shape index (κ3) is 2.71. The first-order chi connectivity index (χ1) is 6.96. The molecule has 0 bridgehead atoms. The van der Waals surface area contributed by atoms with Gasteiger partial charge in [0.15, 0.2) is 0 Å². The molecule has 1 heterocycles. The zero-order valence-electron chi connectivity index (χ0n) is 10.3. The predicted molar refractivity (Wildman–Crippen MR) is 58.6 cm³/mol. The second-order valence-electron chi connectivity index (χ2n) is 5.15.